The lowest BCUT2D eigenvalue weighted by Gasteiger charge is -2.20. The van der Waals surface area contributed by atoms with Crippen LogP contribution in [0.25, 0.3) is 0 Å². The Kier molecular flexibility index (Phi) is 4.40. The summed E-state index contributed by atoms with van der Waals surface area (Å²) in [4.78, 5) is 11.6. The Bertz CT molecular complexity index is 420. The number of carbonyl (C=O) groups is 1. The van der Waals surface area contributed by atoms with Gasteiger partial charge in [-0.1, -0.05) is 13.8 Å². The van der Waals surface area contributed by atoms with Gasteiger partial charge in [-0.2, -0.15) is 5.26 Å². The normalized spacial score (nSPS) is 11.7. The van der Waals surface area contributed by atoms with Gasteiger partial charge in [0.05, 0.1) is 0 Å². The van der Waals surface area contributed by atoms with Crippen molar-refractivity contribution >= 4 is 11.7 Å². The smallest absolute Gasteiger partial charge is 0.242 e. The van der Waals surface area contributed by atoms with Crippen molar-refractivity contribution in [2.45, 2.75) is 19.9 Å². The zero-order chi connectivity index (χ0) is 12.8. The number of nitriles is 1. The van der Waals surface area contributed by atoms with Crippen molar-refractivity contribution in [3.63, 3.8) is 0 Å². The molecule has 1 heterocycles. The first kappa shape index (κ1) is 12.9. The maximum Gasteiger partial charge on any atom is 0.242 e. The van der Waals surface area contributed by atoms with Crippen LogP contribution in [0.2, 0.25) is 0 Å². The van der Waals surface area contributed by atoms with Crippen LogP contribution in [0.3, 0.4) is 0 Å². The number of hydrogen-bond acceptors (Lipinski definition) is 5. The Hall–Kier alpha value is -2.16. The molecule has 1 amide bonds. The minimum Gasteiger partial charge on any atom is -0.357 e. The molecule has 0 bridgehead atoms. The second kappa shape index (κ2) is 5.80. The van der Waals surface area contributed by atoms with Crippen molar-refractivity contribution in [1.82, 2.24) is 15.5 Å². The molecule has 0 fully saturated rings. The van der Waals surface area contributed by atoms with Crippen LogP contribution < -0.4 is 10.6 Å². The van der Waals surface area contributed by atoms with Gasteiger partial charge in [-0.05, 0) is 18.1 Å². The molecule has 0 saturated heterocycles. The fourth-order valence-corrected chi connectivity index (χ4v) is 1.32. The maximum atomic E-state index is 11.6. The highest BCUT2D eigenvalue weighted by molar-refractivity contribution is 5.84. The van der Waals surface area contributed by atoms with Gasteiger partial charge < -0.3 is 10.6 Å². The second-order valence-electron chi connectivity index (χ2n) is 3.90. The number of aromatic nitrogens is 2. The molecule has 1 rings (SSSR count). The third kappa shape index (κ3) is 3.41. The average Bonchev–Trinajstić information content (AvgIpc) is 2.35. The fraction of sp³-hybridized carbons (Fsp3) is 0.455. The molecule has 6 nitrogen and oxygen atoms in total. The lowest BCUT2D eigenvalue weighted by Crippen LogP contribution is -2.41. The first-order valence-electron chi connectivity index (χ1n) is 5.30. The Morgan fingerprint density at radius 2 is 2.12 bits per heavy atom. The molecule has 0 aliphatic heterocycles. The Morgan fingerprint density at radius 1 is 1.41 bits per heavy atom. The van der Waals surface area contributed by atoms with Crippen molar-refractivity contribution in [3.8, 4) is 6.07 Å². The number of rotatable bonds is 4. The van der Waals surface area contributed by atoms with Crippen LogP contribution in [0.4, 0.5) is 5.82 Å². The number of hydrogen-bond donors (Lipinski definition) is 2. The van der Waals surface area contributed by atoms with Gasteiger partial charge in [0.1, 0.15) is 17.9 Å². The Balaban J connectivity index is 2.79. The molecule has 2 N–H and O–H groups in total. The molecular formula is C11H15N5O. The molecule has 0 aromatic carbocycles. The van der Waals surface area contributed by atoms with E-state index in [1.807, 2.05) is 19.9 Å². The third-order valence-corrected chi connectivity index (χ3v) is 2.28. The van der Waals surface area contributed by atoms with Crippen LogP contribution in [0.15, 0.2) is 12.1 Å². The van der Waals surface area contributed by atoms with E-state index in [0.29, 0.717) is 5.82 Å². The van der Waals surface area contributed by atoms with Gasteiger partial charge in [0, 0.05) is 7.05 Å². The van der Waals surface area contributed by atoms with E-state index in [9.17, 15) is 4.79 Å². The van der Waals surface area contributed by atoms with Gasteiger partial charge in [-0.3, -0.25) is 4.79 Å². The standard InChI is InChI=1S/C11H15N5O/c1-7(2)10(11(17)13-3)14-9-5-4-8(6-12)15-16-9/h4-5,7,10H,1-3H3,(H,13,17)(H,14,16). The van der Waals surface area contributed by atoms with E-state index in [4.69, 9.17) is 5.26 Å². The average molecular weight is 233 g/mol. The quantitative estimate of drug-likeness (QED) is 0.791. The van der Waals surface area contributed by atoms with Gasteiger partial charge in [0.2, 0.25) is 5.91 Å². The molecule has 6 heteroatoms. The number of anilines is 1. The summed E-state index contributed by atoms with van der Waals surface area (Å²) >= 11 is 0. The van der Waals surface area contributed by atoms with E-state index >= 15 is 0 Å². The Labute approximate surface area is 100 Å². The lowest BCUT2D eigenvalue weighted by molar-refractivity contribution is -0.122. The monoisotopic (exact) mass is 233 g/mol. The maximum absolute atomic E-state index is 11.6. The van der Waals surface area contributed by atoms with E-state index in [1.54, 1.807) is 19.2 Å². The highest BCUT2D eigenvalue weighted by Gasteiger charge is 2.21. The summed E-state index contributed by atoms with van der Waals surface area (Å²) in [6.07, 6.45) is 0. The highest BCUT2D eigenvalue weighted by Crippen LogP contribution is 2.10. The molecule has 90 valence electrons. The lowest BCUT2D eigenvalue weighted by atomic mass is 10.0. The van der Waals surface area contributed by atoms with E-state index < -0.39 is 0 Å². The van der Waals surface area contributed by atoms with E-state index in [2.05, 4.69) is 20.8 Å². The summed E-state index contributed by atoms with van der Waals surface area (Å²) < 4.78 is 0. The van der Waals surface area contributed by atoms with E-state index in [-0.39, 0.29) is 23.6 Å². The Morgan fingerprint density at radius 3 is 2.53 bits per heavy atom. The topological polar surface area (TPSA) is 90.7 Å². The molecule has 1 aromatic heterocycles. The van der Waals surface area contributed by atoms with Crippen molar-refractivity contribution in [2.24, 2.45) is 5.92 Å². The predicted octanol–water partition coefficient (Wildman–Crippen LogP) is 0.531. The molecule has 0 spiro atoms. The first-order chi connectivity index (χ1) is 8.08. The molecule has 17 heavy (non-hydrogen) atoms. The minimum atomic E-state index is -0.373. The van der Waals surface area contributed by atoms with Crippen LogP contribution >= 0.6 is 0 Å². The van der Waals surface area contributed by atoms with Gasteiger partial charge in [0.25, 0.3) is 0 Å². The van der Waals surface area contributed by atoms with Crippen molar-refractivity contribution in [3.05, 3.63) is 17.8 Å². The zero-order valence-electron chi connectivity index (χ0n) is 10.1. The minimum absolute atomic E-state index is 0.105. The summed E-state index contributed by atoms with van der Waals surface area (Å²) in [5.41, 5.74) is 0.247. The van der Waals surface area contributed by atoms with Crippen LogP contribution in [0, 0.1) is 17.2 Å². The first-order valence-corrected chi connectivity index (χ1v) is 5.30. The van der Waals surface area contributed by atoms with Crippen LogP contribution in [0.5, 0.6) is 0 Å². The van der Waals surface area contributed by atoms with Gasteiger partial charge >= 0.3 is 0 Å². The molecule has 0 radical (unpaired) electrons. The fourth-order valence-electron chi connectivity index (χ4n) is 1.32. The summed E-state index contributed by atoms with van der Waals surface area (Å²) in [6.45, 7) is 3.87. The summed E-state index contributed by atoms with van der Waals surface area (Å²) in [5.74, 6) is 0.491. The molecule has 0 saturated carbocycles. The summed E-state index contributed by atoms with van der Waals surface area (Å²) in [6, 6.07) is 4.69. The molecule has 1 aromatic rings. The number of likely N-dealkylation sites (N-methyl/N-ethyl adjacent to an activating group) is 1. The highest BCUT2D eigenvalue weighted by atomic mass is 16.2. The van der Waals surface area contributed by atoms with Crippen LogP contribution in [-0.4, -0.2) is 29.2 Å². The zero-order valence-corrected chi connectivity index (χ0v) is 10.1. The van der Waals surface area contributed by atoms with E-state index in [1.165, 1.54) is 0 Å². The van der Waals surface area contributed by atoms with Crippen molar-refractivity contribution in [1.29, 1.82) is 5.26 Å². The molecule has 0 aliphatic carbocycles. The van der Waals surface area contributed by atoms with Gasteiger partial charge in [0.15, 0.2) is 5.69 Å². The molecule has 0 aliphatic rings. The van der Waals surface area contributed by atoms with Crippen LogP contribution in [0.1, 0.15) is 19.5 Å². The largest absolute Gasteiger partial charge is 0.357 e. The predicted molar refractivity (Wildman–Crippen MR) is 63.1 cm³/mol. The number of amides is 1. The molecule has 1 unspecified atom stereocenters. The van der Waals surface area contributed by atoms with E-state index in [0.717, 1.165) is 0 Å². The number of nitrogens with one attached hydrogen (secondary N) is 2. The third-order valence-electron chi connectivity index (χ3n) is 2.28. The number of nitrogens with zero attached hydrogens (tertiary/aromatic N) is 3. The van der Waals surface area contributed by atoms with Crippen molar-refractivity contribution < 1.29 is 4.79 Å². The summed E-state index contributed by atoms with van der Waals surface area (Å²) in [5, 5.41) is 21.7. The SMILES string of the molecule is CNC(=O)C(Nc1ccc(C#N)nn1)C(C)C. The molecular weight excluding hydrogens is 218 g/mol. The van der Waals surface area contributed by atoms with Gasteiger partial charge in [-0.25, -0.2) is 0 Å². The number of carbonyl (C=O) groups excluding carboxylic acids is 1. The van der Waals surface area contributed by atoms with Crippen molar-refractivity contribution in [2.75, 3.05) is 12.4 Å². The second-order valence-corrected chi connectivity index (χ2v) is 3.90. The van der Waals surface area contributed by atoms with Crippen LogP contribution in [-0.2, 0) is 4.79 Å². The van der Waals surface area contributed by atoms with Gasteiger partial charge in [-0.15, -0.1) is 10.2 Å². The summed E-state index contributed by atoms with van der Waals surface area (Å²) in [7, 11) is 1.59. The molecule has 1 atom stereocenters.